The van der Waals surface area contributed by atoms with Crippen LogP contribution in [-0.4, -0.2) is 47.7 Å². The third kappa shape index (κ3) is 4.33. The molecule has 1 aromatic rings. The minimum absolute atomic E-state index is 0.0469. The van der Waals surface area contributed by atoms with Gasteiger partial charge < -0.3 is 14.7 Å². The lowest BCUT2D eigenvalue weighted by molar-refractivity contribution is -0.147. The monoisotopic (exact) mass is 283 g/mol. The second-order valence-corrected chi connectivity index (χ2v) is 5.54. The maximum atomic E-state index is 12.1. The van der Waals surface area contributed by atoms with Crippen LogP contribution in [-0.2, 0) is 20.7 Å². The van der Waals surface area contributed by atoms with Gasteiger partial charge in [-0.1, -0.05) is 6.07 Å². The summed E-state index contributed by atoms with van der Waals surface area (Å²) in [5, 5.41) is 10.7. The van der Waals surface area contributed by atoms with Gasteiger partial charge in [0.15, 0.2) is 0 Å². The Morgan fingerprint density at radius 2 is 2.37 bits per heavy atom. The predicted molar refractivity (Wildman–Crippen MR) is 71.2 cm³/mol. The van der Waals surface area contributed by atoms with Crippen molar-refractivity contribution in [3.8, 4) is 0 Å². The third-order valence-corrected chi connectivity index (χ3v) is 4.00. The summed E-state index contributed by atoms with van der Waals surface area (Å²) in [7, 11) is 0. The minimum atomic E-state index is -0.891. The van der Waals surface area contributed by atoms with Crippen LogP contribution < -0.4 is 0 Å². The third-order valence-electron chi connectivity index (χ3n) is 3.06. The van der Waals surface area contributed by atoms with Gasteiger partial charge in [0.25, 0.3) is 0 Å². The number of carboxylic acid groups (broad SMARTS) is 1. The number of carbonyl (C=O) groups is 2. The van der Waals surface area contributed by atoms with E-state index in [1.54, 1.807) is 16.2 Å². The molecule has 19 heavy (non-hydrogen) atoms. The van der Waals surface area contributed by atoms with Crippen LogP contribution in [0.25, 0.3) is 0 Å². The first-order valence-corrected chi connectivity index (χ1v) is 7.16. The number of carboxylic acids is 1. The molecule has 1 amide bonds. The number of carbonyl (C=O) groups excluding carboxylic acids is 1. The van der Waals surface area contributed by atoms with E-state index < -0.39 is 5.97 Å². The minimum Gasteiger partial charge on any atom is -0.481 e. The van der Waals surface area contributed by atoms with Crippen molar-refractivity contribution in [1.29, 1.82) is 0 Å². The maximum absolute atomic E-state index is 12.1. The molecule has 1 saturated heterocycles. The molecule has 6 heteroatoms. The zero-order valence-electron chi connectivity index (χ0n) is 10.6. The van der Waals surface area contributed by atoms with E-state index in [9.17, 15) is 9.59 Å². The first-order valence-electron chi connectivity index (χ1n) is 6.28. The SMILES string of the molecule is O=C(O)C[C@H]1CN(C(=O)CCc2cccs2)CCO1. The second kappa shape index (κ2) is 6.68. The predicted octanol–water partition coefficient (Wildman–Crippen LogP) is 1.38. The number of rotatable bonds is 5. The Hall–Kier alpha value is -1.40. The molecular weight excluding hydrogens is 266 g/mol. The molecular formula is C13H17NO4S. The molecule has 0 unspecified atom stereocenters. The summed E-state index contributed by atoms with van der Waals surface area (Å²) in [5.74, 6) is -0.815. The average molecular weight is 283 g/mol. The highest BCUT2D eigenvalue weighted by atomic mass is 32.1. The fraction of sp³-hybridized carbons (Fsp3) is 0.538. The molecule has 0 bridgehead atoms. The number of hydrogen-bond acceptors (Lipinski definition) is 4. The van der Waals surface area contributed by atoms with Crippen molar-refractivity contribution < 1.29 is 19.4 Å². The lowest BCUT2D eigenvalue weighted by Crippen LogP contribution is -2.46. The van der Waals surface area contributed by atoms with E-state index in [0.717, 1.165) is 6.42 Å². The topological polar surface area (TPSA) is 66.8 Å². The Balaban J connectivity index is 1.79. The molecule has 5 nitrogen and oxygen atoms in total. The van der Waals surface area contributed by atoms with E-state index in [4.69, 9.17) is 9.84 Å². The largest absolute Gasteiger partial charge is 0.481 e. The molecule has 1 fully saturated rings. The second-order valence-electron chi connectivity index (χ2n) is 4.51. The molecule has 2 heterocycles. The van der Waals surface area contributed by atoms with Gasteiger partial charge in [-0.25, -0.2) is 0 Å². The lowest BCUT2D eigenvalue weighted by atomic mass is 10.2. The molecule has 1 aromatic heterocycles. The number of thiophene rings is 1. The molecule has 1 aliphatic heterocycles. The molecule has 1 atom stereocenters. The van der Waals surface area contributed by atoms with Gasteiger partial charge in [0.1, 0.15) is 0 Å². The number of aryl methyl sites for hydroxylation is 1. The smallest absolute Gasteiger partial charge is 0.306 e. The van der Waals surface area contributed by atoms with Crippen LogP contribution in [0.3, 0.4) is 0 Å². The number of ether oxygens (including phenoxy) is 1. The molecule has 0 aromatic carbocycles. The van der Waals surface area contributed by atoms with E-state index in [1.807, 2.05) is 17.5 Å². The average Bonchev–Trinajstić information content (AvgIpc) is 2.88. The van der Waals surface area contributed by atoms with Gasteiger partial charge >= 0.3 is 5.97 Å². The lowest BCUT2D eigenvalue weighted by Gasteiger charge is -2.32. The molecule has 2 rings (SSSR count). The van der Waals surface area contributed by atoms with E-state index >= 15 is 0 Å². The van der Waals surface area contributed by atoms with Crippen molar-refractivity contribution >= 4 is 23.2 Å². The highest BCUT2D eigenvalue weighted by molar-refractivity contribution is 7.09. The fourth-order valence-electron chi connectivity index (χ4n) is 2.11. The summed E-state index contributed by atoms with van der Waals surface area (Å²) in [5.41, 5.74) is 0. The fourth-order valence-corrected chi connectivity index (χ4v) is 2.82. The van der Waals surface area contributed by atoms with Crippen molar-refractivity contribution in [2.24, 2.45) is 0 Å². The Bertz CT molecular complexity index is 432. The molecule has 0 radical (unpaired) electrons. The van der Waals surface area contributed by atoms with Crippen LogP contribution in [0.5, 0.6) is 0 Å². The Morgan fingerprint density at radius 1 is 1.53 bits per heavy atom. The molecule has 104 valence electrons. The van der Waals surface area contributed by atoms with Crippen LogP contribution in [0.4, 0.5) is 0 Å². The van der Waals surface area contributed by atoms with E-state index in [2.05, 4.69) is 0 Å². The molecule has 1 aliphatic rings. The van der Waals surface area contributed by atoms with Gasteiger partial charge in [-0.05, 0) is 17.9 Å². The molecule has 0 spiro atoms. The van der Waals surface area contributed by atoms with Crippen LogP contribution in [0.1, 0.15) is 17.7 Å². The van der Waals surface area contributed by atoms with Gasteiger partial charge in [-0.15, -0.1) is 11.3 Å². The zero-order valence-corrected chi connectivity index (χ0v) is 11.4. The van der Waals surface area contributed by atoms with Crippen LogP contribution >= 0.6 is 11.3 Å². The van der Waals surface area contributed by atoms with Crippen LogP contribution in [0.2, 0.25) is 0 Å². The van der Waals surface area contributed by atoms with Crippen molar-refractivity contribution in [2.75, 3.05) is 19.7 Å². The standard InChI is InChI=1S/C13H17NO4S/c15-12(4-3-11-2-1-7-19-11)14-5-6-18-10(9-14)8-13(16)17/h1-2,7,10H,3-6,8-9H2,(H,16,17)/t10-/m0/s1. The van der Waals surface area contributed by atoms with E-state index in [1.165, 1.54) is 4.88 Å². The van der Waals surface area contributed by atoms with E-state index in [0.29, 0.717) is 26.1 Å². The van der Waals surface area contributed by atoms with Crippen LogP contribution in [0.15, 0.2) is 17.5 Å². The van der Waals surface area contributed by atoms with Crippen LogP contribution in [0, 0.1) is 0 Å². The van der Waals surface area contributed by atoms with Crippen molar-refractivity contribution in [3.05, 3.63) is 22.4 Å². The summed E-state index contributed by atoms with van der Waals surface area (Å²) >= 11 is 1.65. The number of morpholine rings is 1. The van der Waals surface area contributed by atoms with Gasteiger partial charge in [0.2, 0.25) is 5.91 Å². The molecule has 1 N–H and O–H groups in total. The summed E-state index contributed by atoms with van der Waals surface area (Å²) in [4.78, 5) is 25.6. The number of aliphatic carboxylic acids is 1. The van der Waals surface area contributed by atoms with Crippen molar-refractivity contribution in [3.63, 3.8) is 0 Å². The van der Waals surface area contributed by atoms with Crippen molar-refractivity contribution in [2.45, 2.75) is 25.4 Å². The summed E-state index contributed by atoms with van der Waals surface area (Å²) in [6.07, 6.45) is 0.795. The van der Waals surface area contributed by atoms with Gasteiger partial charge in [-0.2, -0.15) is 0 Å². The maximum Gasteiger partial charge on any atom is 0.306 e. The number of hydrogen-bond donors (Lipinski definition) is 1. The zero-order chi connectivity index (χ0) is 13.7. The Kier molecular flexibility index (Phi) is 4.93. The molecule has 0 saturated carbocycles. The summed E-state index contributed by atoms with van der Waals surface area (Å²) < 4.78 is 5.35. The first-order chi connectivity index (χ1) is 9.15. The van der Waals surface area contributed by atoms with E-state index in [-0.39, 0.29) is 18.4 Å². The highest BCUT2D eigenvalue weighted by Gasteiger charge is 2.25. The first kappa shape index (κ1) is 14.0. The summed E-state index contributed by atoms with van der Waals surface area (Å²) in [6.45, 7) is 1.36. The Labute approximate surface area is 115 Å². The quantitative estimate of drug-likeness (QED) is 0.886. The van der Waals surface area contributed by atoms with Gasteiger partial charge in [0, 0.05) is 24.4 Å². The number of nitrogens with zero attached hydrogens (tertiary/aromatic N) is 1. The number of amides is 1. The normalized spacial score (nSPS) is 19.4. The van der Waals surface area contributed by atoms with Gasteiger partial charge in [-0.3, -0.25) is 9.59 Å². The van der Waals surface area contributed by atoms with Gasteiger partial charge in [0.05, 0.1) is 19.1 Å². The summed E-state index contributed by atoms with van der Waals surface area (Å²) in [6, 6.07) is 3.99. The Morgan fingerprint density at radius 3 is 3.05 bits per heavy atom. The highest BCUT2D eigenvalue weighted by Crippen LogP contribution is 2.14. The molecule has 0 aliphatic carbocycles. The van der Waals surface area contributed by atoms with Crippen molar-refractivity contribution in [1.82, 2.24) is 4.90 Å².